The molecule has 30 heavy (non-hydrogen) atoms. The van der Waals surface area contributed by atoms with Gasteiger partial charge in [0.1, 0.15) is 16.3 Å². The lowest BCUT2D eigenvalue weighted by Crippen LogP contribution is -2.53. The van der Waals surface area contributed by atoms with E-state index in [1.807, 2.05) is 42.8 Å². The van der Waals surface area contributed by atoms with Crippen LogP contribution >= 0.6 is 11.3 Å². The van der Waals surface area contributed by atoms with Crippen molar-refractivity contribution >= 4 is 23.3 Å². The molecule has 160 valence electrons. The van der Waals surface area contributed by atoms with E-state index >= 15 is 0 Å². The van der Waals surface area contributed by atoms with E-state index in [9.17, 15) is 9.59 Å². The highest BCUT2D eigenvalue weighted by molar-refractivity contribution is 7.09. The smallest absolute Gasteiger partial charge is 0.325 e. The molecule has 0 spiro atoms. The molecule has 2 aromatic rings. The predicted octanol–water partition coefficient (Wildman–Crippen LogP) is 2.92. The maximum atomic E-state index is 13.2. The Balaban J connectivity index is 1.34. The van der Waals surface area contributed by atoms with Gasteiger partial charge in [0.25, 0.3) is 5.91 Å². The summed E-state index contributed by atoms with van der Waals surface area (Å²) < 4.78 is 5.18. The molecule has 2 fully saturated rings. The Hall–Kier alpha value is -2.45. The standard InChI is InChI=1S/C22H28N4O3S/c1-22(17-8-11-25(12-9-17)15-19-23-10-14-30-19)20(27)26(21(28)24-22)13-7-16-3-5-18(29-2)6-4-16/h3-6,10,14,17H,7-9,11-13,15H2,1-2H3,(H,24,28). The fraction of sp³-hybridized carbons (Fsp3) is 0.500. The normalized spacial score (nSPS) is 23.1. The number of benzene rings is 1. The third-order valence-electron chi connectivity index (χ3n) is 6.33. The van der Waals surface area contributed by atoms with Gasteiger partial charge >= 0.3 is 6.03 Å². The van der Waals surface area contributed by atoms with Crippen molar-refractivity contribution in [1.29, 1.82) is 0 Å². The number of carbonyl (C=O) groups is 2. The number of thiazole rings is 1. The summed E-state index contributed by atoms with van der Waals surface area (Å²) in [5.41, 5.74) is 0.255. The fourth-order valence-electron chi connectivity index (χ4n) is 4.42. The van der Waals surface area contributed by atoms with Crippen LogP contribution in [0.5, 0.6) is 5.75 Å². The van der Waals surface area contributed by atoms with Gasteiger partial charge in [0.05, 0.1) is 13.7 Å². The highest BCUT2D eigenvalue weighted by atomic mass is 32.1. The lowest BCUT2D eigenvalue weighted by molar-refractivity contribution is -0.133. The number of hydrogen-bond donors (Lipinski definition) is 1. The van der Waals surface area contributed by atoms with Crippen molar-refractivity contribution in [1.82, 2.24) is 20.1 Å². The van der Waals surface area contributed by atoms with E-state index in [0.717, 1.165) is 48.8 Å². The van der Waals surface area contributed by atoms with Gasteiger partial charge in [-0.15, -0.1) is 11.3 Å². The monoisotopic (exact) mass is 428 g/mol. The van der Waals surface area contributed by atoms with E-state index in [1.165, 1.54) is 4.90 Å². The van der Waals surface area contributed by atoms with Gasteiger partial charge in [-0.1, -0.05) is 12.1 Å². The number of nitrogens with zero attached hydrogens (tertiary/aromatic N) is 3. The van der Waals surface area contributed by atoms with Gasteiger partial charge in [-0.05, 0) is 62.9 Å². The Labute approximate surface area is 181 Å². The SMILES string of the molecule is COc1ccc(CCN2C(=O)NC(C)(C3CCN(Cc4nccs4)CC3)C2=O)cc1. The zero-order chi connectivity index (χ0) is 21.1. The number of aromatic nitrogens is 1. The van der Waals surface area contributed by atoms with Crippen molar-refractivity contribution in [2.24, 2.45) is 5.92 Å². The highest BCUT2D eigenvalue weighted by Crippen LogP contribution is 2.34. The first kappa shape index (κ1) is 20.8. The second-order valence-electron chi connectivity index (χ2n) is 8.16. The van der Waals surface area contributed by atoms with Gasteiger partial charge in [-0.3, -0.25) is 14.6 Å². The Morgan fingerprint density at radius 3 is 2.60 bits per heavy atom. The quantitative estimate of drug-likeness (QED) is 0.687. The molecule has 0 aliphatic carbocycles. The van der Waals surface area contributed by atoms with E-state index in [4.69, 9.17) is 4.74 Å². The molecule has 1 unspecified atom stereocenters. The molecule has 3 heterocycles. The van der Waals surface area contributed by atoms with Crippen LogP contribution in [-0.2, 0) is 17.8 Å². The van der Waals surface area contributed by atoms with E-state index in [0.29, 0.717) is 13.0 Å². The van der Waals surface area contributed by atoms with Crippen LogP contribution in [-0.4, -0.2) is 59.0 Å². The number of rotatable bonds is 7. The first-order valence-corrected chi connectivity index (χ1v) is 11.3. The minimum Gasteiger partial charge on any atom is -0.497 e. The summed E-state index contributed by atoms with van der Waals surface area (Å²) in [4.78, 5) is 33.9. The minimum absolute atomic E-state index is 0.0978. The number of nitrogens with one attached hydrogen (secondary N) is 1. The van der Waals surface area contributed by atoms with E-state index in [1.54, 1.807) is 18.4 Å². The van der Waals surface area contributed by atoms with Crippen molar-refractivity contribution < 1.29 is 14.3 Å². The molecule has 1 atom stereocenters. The van der Waals surface area contributed by atoms with Crippen LogP contribution in [0.1, 0.15) is 30.3 Å². The van der Waals surface area contributed by atoms with Crippen LogP contribution in [0.3, 0.4) is 0 Å². The minimum atomic E-state index is -0.815. The second kappa shape index (κ2) is 8.73. The second-order valence-corrected chi connectivity index (χ2v) is 9.14. The van der Waals surface area contributed by atoms with Crippen LogP contribution in [0.2, 0.25) is 0 Å². The van der Waals surface area contributed by atoms with Crippen LogP contribution < -0.4 is 10.1 Å². The number of piperidine rings is 1. The molecule has 4 rings (SSSR count). The summed E-state index contributed by atoms with van der Waals surface area (Å²) in [5, 5.41) is 6.12. The number of ether oxygens (including phenoxy) is 1. The highest BCUT2D eigenvalue weighted by Gasteiger charge is 2.52. The number of amides is 3. The molecule has 0 radical (unpaired) electrons. The molecule has 2 aliphatic heterocycles. The zero-order valence-corrected chi connectivity index (χ0v) is 18.3. The number of imide groups is 1. The van der Waals surface area contributed by atoms with E-state index < -0.39 is 5.54 Å². The molecule has 1 aromatic heterocycles. The summed E-state index contributed by atoms with van der Waals surface area (Å²) in [7, 11) is 1.63. The third-order valence-corrected chi connectivity index (χ3v) is 7.10. The van der Waals surface area contributed by atoms with Crippen LogP contribution in [0.4, 0.5) is 4.79 Å². The Bertz CT molecular complexity index is 878. The lowest BCUT2D eigenvalue weighted by Gasteiger charge is -2.38. The summed E-state index contributed by atoms with van der Waals surface area (Å²) in [6, 6.07) is 7.44. The molecule has 1 N–H and O–H groups in total. The first-order valence-electron chi connectivity index (χ1n) is 10.4. The first-order chi connectivity index (χ1) is 14.5. The molecular weight excluding hydrogens is 400 g/mol. The average molecular weight is 429 g/mol. The summed E-state index contributed by atoms with van der Waals surface area (Å²) in [6.07, 6.45) is 4.24. The van der Waals surface area contributed by atoms with Crippen molar-refractivity contribution in [2.45, 2.75) is 38.3 Å². The molecule has 3 amide bonds. The molecule has 2 aliphatic rings. The van der Waals surface area contributed by atoms with Crippen LogP contribution in [0.25, 0.3) is 0 Å². The molecule has 2 saturated heterocycles. The average Bonchev–Trinajstić information content (AvgIpc) is 3.34. The Morgan fingerprint density at radius 2 is 1.97 bits per heavy atom. The van der Waals surface area contributed by atoms with E-state index in [-0.39, 0.29) is 17.9 Å². The maximum absolute atomic E-state index is 13.2. The summed E-state index contributed by atoms with van der Waals surface area (Å²) in [6.45, 7) is 4.95. The molecule has 8 heteroatoms. The van der Waals surface area contributed by atoms with Crippen LogP contribution in [0.15, 0.2) is 35.8 Å². The van der Waals surface area contributed by atoms with Crippen molar-refractivity contribution in [2.75, 3.05) is 26.7 Å². The van der Waals surface area contributed by atoms with Gasteiger partial charge in [0.2, 0.25) is 0 Å². The maximum Gasteiger partial charge on any atom is 0.325 e. The lowest BCUT2D eigenvalue weighted by atomic mass is 9.79. The Morgan fingerprint density at radius 1 is 1.23 bits per heavy atom. The van der Waals surface area contributed by atoms with Gasteiger partial charge in [0, 0.05) is 18.1 Å². The summed E-state index contributed by atoms with van der Waals surface area (Å²) >= 11 is 1.67. The van der Waals surface area contributed by atoms with Crippen molar-refractivity contribution in [3.05, 3.63) is 46.4 Å². The van der Waals surface area contributed by atoms with Gasteiger partial charge in [-0.2, -0.15) is 0 Å². The zero-order valence-electron chi connectivity index (χ0n) is 17.5. The number of carbonyl (C=O) groups excluding carboxylic acids is 2. The fourth-order valence-corrected chi connectivity index (χ4v) is 5.08. The Kier molecular flexibility index (Phi) is 6.06. The number of methoxy groups -OCH3 is 1. The van der Waals surface area contributed by atoms with Gasteiger partial charge in [0.15, 0.2) is 0 Å². The number of urea groups is 1. The number of hydrogen-bond acceptors (Lipinski definition) is 6. The predicted molar refractivity (Wildman–Crippen MR) is 115 cm³/mol. The summed E-state index contributed by atoms with van der Waals surface area (Å²) in [5.74, 6) is 0.842. The van der Waals surface area contributed by atoms with Crippen molar-refractivity contribution in [3.8, 4) is 5.75 Å². The van der Waals surface area contributed by atoms with Gasteiger partial charge < -0.3 is 10.1 Å². The van der Waals surface area contributed by atoms with Crippen LogP contribution in [0, 0.1) is 5.92 Å². The van der Waals surface area contributed by atoms with Gasteiger partial charge in [-0.25, -0.2) is 9.78 Å². The third kappa shape index (κ3) is 4.20. The topological polar surface area (TPSA) is 74.8 Å². The van der Waals surface area contributed by atoms with Crippen molar-refractivity contribution in [3.63, 3.8) is 0 Å². The molecule has 1 aromatic carbocycles. The molecule has 7 nitrogen and oxygen atoms in total. The molecular formula is C22H28N4O3S. The molecule has 0 bridgehead atoms. The van der Waals surface area contributed by atoms with E-state index in [2.05, 4.69) is 15.2 Å². The number of likely N-dealkylation sites (tertiary alicyclic amines) is 1. The molecule has 0 saturated carbocycles. The largest absolute Gasteiger partial charge is 0.497 e.